The lowest BCUT2D eigenvalue weighted by Crippen LogP contribution is -2.47. The van der Waals surface area contributed by atoms with Crippen LogP contribution in [0.15, 0.2) is 36.4 Å². The second-order valence-electron chi connectivity index (χ2n) is 6.09. The van der Waals surface area contributed by atoms with Gasteiger partial charge in [0.15, 0.2) is 0 Å². The minimum Gasteiger partial charge on any atom is -0.378 e. The summed E-state index contributed by atoms with van der Waals surface area (Å²) in [5, 5.41) is 2.79. The topological polar surface area (TPSA) is 58.6 Å². The molecule has 2 amide bonds. The number of hydrogen-bond acceptors (Lipinski definition) is 3. The van der Waals surface area contributed by atoms with Crippen molar-refractivity contribution in [3.05, 3.63) is 42.2 Å². The maximum atomic E-state index is 13.0. The van der Waals surface area contributed by atoms with E-state index in [1.807, 2.05) is 12.2 Å². The van der Waals surface area contributed by atoms with Crippen LogP contribution >= 0.6 is 0 Å². The fourth-order valence-corrected chi connectivity index (χ4v) is 3.16. The number of nitrogens with zero attached hydrogens (tertiary/aromatic N) is 1. The number of hydrogen-bond donors (Lipinski definition) is 1. The van der Waals surface area contributed by atoms with Crippen molar-refractivity contribution in [2.24, 2.45) is 11.8 Å². The van der Waals surface area contributed by atoms with E-state index in [0.717, 1.165) is 0 Å². The summed E-state index contributed by atoms with van der Waals surface area (Å²) < 4.78 is 18.3. The Kier molecular flexibility index (Phi) is 5.25. The van der Waals surface area contributed by atoms with Gasteiger partial charge < -0.3 is 15.0 Å². The molecule has 2 aliphatic rings. The van der Waals surface area contributed by atoms with Crippen molar-refractivity contribution >= 4 is 17.5 Å². The lowest BCUT2D eigenvalue weighted by molar-refractivity contribution is -0.144. The Morgan fingerprint density at radius 2 is 1.67 bits per heavy atom. The van der Waals surface area contributed by atoms with Gasteiger partial charge in [-0.3, -0.25) is 9.59 Å². The summed E-state index contributed by atoms with van der Waals surface area (Å²) in [6.45, 7) is 2.23. The first kappa shape index (κ1) is 16.6. The number of carbonyl (C=O) groups is 2. The number of anilines is 1. The maximum absolute atomic E-state index is 13.0. The normalized spacial score (nSPS) is 23.8. The minimum absolute atomic E-state index is 0.0157. The molecule has 0 saturated carbocycles. The van der Waals surface area contributed by atoms with Crippen LogP contribution in [-0.2, 0) is 14.3 Å². The van der Waals surface area contributed by atoms with E-state index in [-0.39, 0.29) is 23.5 Å². The Morgan fingerprint density at radius 3 is 2.33 bits per heavy atom. The zero-order chi connectivity index (χ0) is 16.9. The van der Waals surface area contributed by atoms with Crippen LogP contribution in [0.25, 0.3) is 0 Å². The van der Waals surface area contributed by atoms with Crippen molar-refractivity contribution in [3.63, 3.8) is 0 Å². The Bertz CT molecular complexity index is 624. The molecule has 5 nitrogen and oxygen atoms in total. The number of rotatable bonds is 3. The summed E-state index contributed by atoms with van der Waals surface area (Å²) in [5.74, 6) is -1.29. The van der Waals surface area contributed by atoms with Crippen molar-refractivity contribution in [1.29, 1.82) is 0 Å². The van der Waals surface area contributed by atoms with Crippen LogP contribution in [0.1, 0.15) is 12.8 Å². The van der Waals surface area contributed by atoms with Gasteiger partial charge in [-0.1, -0.05) is 12.2 Å². The molecule has 6 heteroatoms. The van der Waals surface area contributed by atoms with Crippen LogP contribution in [0.2, 0.25) is 0 Å². The molecule has 1 fully saturated rings. The first-order chi connectivity index (χ1) is 11.6. The molecule has 1 N–H and O–H groups in total. The fraction of sp³-hybridized carbons (Fsp3) is 0.444. The summed E-state index contributed by atoms with van der Waals surface area (Å²) in [6, 6.07) is 5.63. The van der Waals surface area contributed by atoms with Crippen molar-refractivity contribution in [2.45, 2.75) is 12.8 Å². The van der Waals surface area contributed by atoms with Gasteiger partial charge in [0, 0.05) is 18.8 Å². The van der Waals surface area contributed by atoms with Crippen LogP contribution in [0.5, 0.6) is 0 Å². The summed E-state index contributed by atoms with van der Waals surface area (Å²) in [7, 11) is 0. The molecule has 1 saturated heterocycles. The Hall–Kier alpha value is -2.21. The first-order valence-corrected chi connectivity index (χ1v) is 8.23. The third-order valence-electron chi connectivity index (χ3n) is 4.52. The fourth-order valence-electron chi connectivity index (χ4n) is 3.16. The van der Waals surface area contributed by atoms with Gasteiger partial charge in [-0.25, -0.2) is 4.39 Å². The van der Waals surface area contributed by atoms with E-state index in [2.05, 4.69) is 5.32 Å². The SMILES string of the molecule is O=C(Nc1ccc(F)cc1)C1CC=CCC1C(=O)N1CCOCC1. The van der Waals surface area contributed by atoms with E-state index in [0.29, 0.717) is 44.8 Å². The second kappa shape index (κ2) is 7.57. The number of carbonyl (C=O) groups excluding carboxylic acids is 2. The molecule has 3 rings (SSSR count). The van der Waals surface area contributed by atoms with Crippen LogP contribution in [0, 0.1) is 17.7 Å². The number of ether oxygens (including phenoxy) is 1. The van der Waals surface area contributed by atoms with Gasteiger partial charge >= 0.3 is 0 Å². The van der Waals surface area contributed by atoms with Gasteiger partial charge in [0.2, 0.25) is 11.8 Å². The number of halogens is 1. The third kappa shape index (κ3) is 3.82. The van der Waals surface area contributed by atoms with E-state index in [9.17, 15) is 14.0 Å². The summed E-state index contributed by atoms with van der Waals surface area (Å²) in [6.07, 6.45) is 5.01. The smallest absolute Gasteiger partial charge is 0.228 e. The predicted molar refractivity (Wildman–Crippen MR) is 87.8 cm³/mol. The summed E-state index contributed by atoms with van der Waals surface area (Å²) in [5.41, 5.74) is 0.536. The second-order valence-corrected chi connectivity index (χ2v) is 6.09. The monoisotopic (exact) mass is 332 g/mol. The van der Waals surface area contributed by atoms with Crippen LogP contribution in [0.3, 0.4) is 0 Å². The Labute approximate surface area is 140 Å². The van der Waals surface area contributed by atoms with Crippen LogP contribution in [-0.4, -0.2) is 43.0 Å². The molecule has 2 atom stereocenters. The highest BCUT2D eigenvalue weighted by Gasteiger charge is 2.36. The number of nitrogens with one attached hydrogen (secondary N) is 1. The number of amides is 2. The summed E-state index contributed by atoms with van der Waals surface area (Å²) >= 11 is 0. The Balaban J connectivity index is 1.69. The standard InChI is InChI=1S/C18H21FN2O3/c19-13-5-7-14(8-6-13)20-17(22)15-3-1-2-4-16(15)18(23)21-9-11-24-12-10-21/h1-2,5-8,15-16H,3-4,9-12H2,(H,20,22). The lowest BCUT2D eigenvalue weighted by Gasteiger charge is -2.34. The lowest BCUT2D eigenvalue weighted by atomic mass is 9.81. The van der Waals surface area contributed by atoms with Crippen LogP contribution in [0.4, 0.5) is 10.1 Å². The third-order valence-corrected chi connectivity index (χ3v) is 4.52. The molecule has 128 valence electrons. The molecule has 1 aromatic carbocycles. The Morgan fingerprint density at radius 1 is 1.04 bits per heavy atom. The van der Waals surface area contributed by atoms with Gasteiger partial charge in [0.25, 0.3) is 0 Å². The molecule has 0 radical (unpaired) electrons. The molecule has 1 heterocycles. The number of benzene rings is 1. The average Bonchev–Trinajstić information content (AvgIpc) is 2.63. The zero-order valence-corrected chi connectivity index (χ0v) is 13.4. The molecule has 0 spiro atoms. The highest BCUT2D eigenvalue weighted by atomic mass is 19.1. The summed E-state index contributed by atoms with van der Waals surface area (Å²) in [4.78, 5) is 27.2. The number of morpholine rings is 1. The minimum atomic E-state index is -0.407. The van der Waals surface area contributed by atoms with Gasteiger partial charge in [-0.05, 0) is 37.1 Å². The quantitative estimate of drug-likeness (QED) is 0.864. The van der Waals surface area contributed by atoms with E-state index in [4.69, 9.17) is 4.74 Å². The molecule has 24 heavy (non-hydrogen) atoms. The van der Waals surface area contributed by atoms with Crippen molar-refractivity contribution in [2.75, 3.05) is 31.6 Å². The largest absolute Gasteiger partial charge is 0.378 e. The highest BCUT2D eigenvalue weighted by molar-refractivity contribution is 5.96. The first-order valence-electron chi connectivity index (χ1n) is 8.23. The van der Waals surface area contributed by atoms with E-state index < -0.39 is 5.92 Å². The van der Waals surface area contributed by atoms with Gasteiger partial charge in [0.1, 0.15) is 5.82 Å². The van der Waals surface area contributed by atoms with Gasteiger partial charge in [-0.15, -0.1) is 0 Å². The van der Waals surface area contributed by atoms with Crippen LogP contribution < -0.4 is 5.32 Å². The predicted octanol–water partition coefficient (Wildman–Crippen LogP) is 2.21. The van der Waals surface area contributed by atoms with E-state index in [1.54, 1.807) is 4.90 Å². The number of allylic oxidation sites excluding steroid dienone is 2. The molecule has 1 aliphatic heterocycles. The zero-order valence-electron chi connectivity index (χ0n) is 13.4. The molecule has 1 aliphatic carbocycles. The van der Waals surface area contributed by atoms with Crippen molar-refractivity contribution in [1.82, 2.24) is 4.90 Å². The molecule has 1 aromatic rings. The van der Waals surface area contributed by atoms with Gasteiger partial charge in [0.05, 0.1) is 25.0 Å². The molecule has 0 aromatic heterocycles. The van der Waals surface area contributed by atoms with E-state index >= 15 is 0 Å². The highest BCUT2D eigenvalue weighted by Crippen LogP contribution is 2.29. The van der Waals surface area contributed by atoms with Crippen molar-refractivity contribution in [3.8, 4) is 0 Å². The maximum Gasteiger partial charge on any atom is 0.228 e. The average molecular weight is 332 g/mol. The van der Waals surface area contributed by atoms with Crippen molar-refractivity contribution < 1.29 is 18.7 Å². The molecular formula is C18H21FN2O3. The molecular weight excluding hydrogens is 311 g/mol. The van der Waals surface area contributed by atoms with Gasteiger partial charge in [-0.2, -0.15) is 0 Å². The molecule has 2 unspecified atom stereocenters. The molecule has 0 bridgehead atoms. The van der Waals surface area contributed by atoms with E-state index in [1.165, 1.54) is 24.3 Å².